The van der Waals surface area contributed by atoms with E-state index in [0.29, 0.717) is 10.0 Å². The van der Waals surface area contributed by atoms with Gasteiger partial charge in [0, 0.05) is 25.6 Å². The second-order valence-corrected chi connectivity index (χ2v) is 6.95. The van der Waals surface area contributed by atoms with Crippen molar-refractivity contribution in [3.05, 3.63) is 67.1 Å². The van der Waals surface area contributed by atoms with Crippen LogP contribution in [0.1, 0.15) is 24.1 Å². The average molecular weight is 408 g/mol. The maximum atomic E-state index is 6.27. The van der Waals surface area contributed by atoms with Crippen LogP contribution in [0.15, 0.2) is 40.9 Å². The first-order chi connectivity index (χ1) is 9.99. The van der Waals surface area contributed by atoms with Crippen LogP contribution in [0.25, 0.3) is 0 Å². The highest BCUT2D eigenvalue weighted by atomic mass is 79.9. The first kappa shape index (κ1) is 17.1. The molecule has 0 fully saturated rings. The lowest BCUT2D eigenvalue weighted by molar-refractivity contribution is 0.550. The van der Waals surface area contributed by atoms with E-state index in [2.05, 4.69) is 34.2 Å². The zero-order valence-corrected chi connectivity index (χ0v) is 15.3. The highest BCUT2D eigenvalue weighted by Crippen LogP contribution is 2.29. The lowest BCUT2D eigenvalue weighted by Crippen LogP contribution is -2.23. The smallest absolute Gasteiger partial charge is 0.0439 e. The van der Waals surface area contributed by atoms with Crippen molar-refractivity contribution < 1.29 is 0 Å². The number of rotatable bonds is 5. The van der Waals surface area contributed by atoms with Crippen LogP contribution in [0.4, 0.5) is 0 Å². The molecule has 0 aliphatic rings. The molecule has 0 spiro atoms. The zero-order valence-electron chi connectivity index (χ0n) is 11.5. The van der Waals surface area contributed by atoms with Gasteiger partial charge in [-0.2, -0.15) is 0 Å². The van der Waals surface area contributed by atoms with Crippen molar-refractivity contribution in [2.75, 3.05) is 6.54 Å². The fourth-order valence-electron chi connectivity index (χ4n) is 2.25. The minimum Gasteiger partial charge on any atom is -0.310 e. The summed E-state index contributed by atoms with van der Waals surface area (Å²) in [6, 6.07) is 11.6. The number of hydrogen-bond acceptors (Lipinski definition) is 1. The van der Waals surface area contributed by atoms with Gasteiger partial charge in [0.25, 0.3) is 0 Å². The molecule has 2 aromatic carbocycles. The molecule has 0 radical (unpaired) electrons. The van der Waals surface area contributed by atoms with Crippen molar-refractivity contribution in [2.45, 2.75) is 19.4 Å². The van der Waals surface area contributed by atoms with Gasteiger partial charge in [0.15, 0.2) is 0 Å². The Morgan fingerprint density at radius 1 is 1.05 bits per heavy atom. The fraction of sp³-hybridized carbons (Fsp3) is 0.250. The van der Waals surface area contributed by atoms with Crippen molar-refractivity contribution in [1.29, 1.82) is 0 Å². The largest absolute Gasteiger partial charge is 0.310 e. The second kappa shape index (κ2) is 7.85. The normalized spacial score (nSPS) is 12.4. The summed E-state index contributed by atoms with van der Waals surface area (Å²) >= 11 is 22.0. The number of benzene rings is 2. The van der Waals surface area contributed by atoms with E-state index in [-0.39, 0.29) is 6.04 Å². The van der Waals surface area contributed by atoms with Gasteiger partial charge in [0.05, 0.1) is 0 Å². The number of halogens is 4. The number of nitrogens with one attached hydrogen (secondary N) is 1. The monoisotopic (exact) mass is 405 g/mol. The molecule has 0 aliphatic heterocycles. The maximum Gasteiger partial charge on any atom is 0.0439 e. The standard InChI is InChI=1S/C16H15BrCl3N/c1-2-21-16(11-5-12(17)9-14(19)7-11)8-10-6-13(18)3-4-15(10)20/h3-7,9,16,21H,2,8H2,1H3. The first-order valence-corrected chi connectivity index (χ1v) is 8.55. The average Bonchev–Trinajstić information content (AvgIpc) is 2.41. The van der Waals surface area contributed by atoms with Gasteiger partial charge in [0.2, 0.25) is 0 Å². The van der Waals surface area contributed by atoms with Crippen molar-refractivity contribution in [1.82, 2.24) is 5.32 Å². The number of hydrogen-bond donors (Lipinski definition) is 1. The molecule has 0 aliphatic carbocycles. The van der Waals surface area contributed by atoms with E-state index in [9.17, 15) is 0 Å². The predicted molar refractivity (Wildman–Crippen MR) is 95.7 cm³/mol. The van der Waals surface area contributed by atoms with Crippen molar-refractivity contribution in [2.24, 2.45) is 0 Å². The van der Waals surface area contributed by atoms with Gasteiger partial charge in [0.1, 0.15) is 0 Å². The molecule has 1 atom stereocenters. The molecule has 5 heteroatoms. The first-order valence-electron chi connectivity index (χ1n) is 6.63. The van der Waals surface area contributed by atoms with E-state index >= 15 is 0 Å². The molecule has 1 nitrogen and oxygen atoms in total. The molecule has 21 heavy (non-hydrogen) atoms. The summed E-state index contributed by atoms with van der Waals surface area (Å²) in [5.41, 5.74) is 2.14. The van der Waals surface area contributed by atoms with Crippen molar-refractivity contribution in [3.63, 3.8) is 0 Å². The summed E-state index contributed by atoms with van der Waals surface area (Å²) in [6.07, 6.45) is 0.750. The van der Waals surface area contributed by atoms with Crippen LogP contribution >= 0.6 is 50.7 Å². The van der Waals surface area contributed by atoms with Crippen LogP contribution in [-0.4, -0.2) is 6.54 Å². The van der Waals surface area contributed by atoms with Crippen LogP contribution in [0.5, 0.6) is 0 Å². The molecule has 2 rings (SSSR count). The van der Waals surface area contributed by atoms with Crippen LogP contribution in [0.3, 0.4) is 0 Å². The third-order valence-electron chi connectivity index (χ3n) is 3.17. The van der Waals surface area contributed by atoms with Gasteiger partial charge in [-0.25, -0.2) is 0 Å². The van der Waals surface area contributed by atoms with Gasteiger partial charge >= 0.3 is 0 Å². The Morgan fingerprint density at radius 3 is 2.48 bits per heavy atom. The Balaban J connectivity index is 2.32. The van der Waals surface area contributed by atoms with E-state index in [1.165, 1.54) is 0 Å². The molecule has 0 saturated carbocycles. The Morgan fingerprint density at radius 2 is 1.81 bits per heavy atom. The van der Waals surface area contributed by atoms with Gasteiger partial charge in [-0.3, -0.25) is 0 Å². The lowest BCUT2D eigenvalue weighted by atomic mass is 9.98. The van der Waals surface area contributed by atoms with Gasteiger partial charge in [-0.05, 0) is 60.5 Å². The van der Waals surface area contributed by atoms with E-state index < -0.39 is 0 Å². The Hall–Kier alpha value is -0.250. The Bertz CT molecular complexity index is 611. The highest BCUT2D eigenvalue weighted by molar-refractivity contribution is 9.10. The van der Waals surface area contributed by atoms with E-state index in [1.54, 1.807) is 6.07 Å². The molecular weight excluding hydrogens is 392 g/mol. The van der Waals surface area contributed by atoms with Crippen LogP contribution in [-0.2, 0) is 6.42 Å². The lowest BCUT2D eigenvalue weighted by Gasteiger charge is -2.20. The van der Waals surface area contributed by atoms with Gasteiger partial charge in [-0.1, -0.05) is 57.7 Å². The molecule has 1 unspecified atom stereocenters. The second-order valence-electron chi connectivity index (χ2n) is 4.75. The van der Waals surface area contributed by atoms with Crippen LogP contribution in [0, 0.1) is 0 Å². The van der Waals surface area contributed by atoms with Crippen molar-refractivity contribution >= 4 is 50.7 Å². The SMILES string of the molecule is CCNC(Cc1cc(Cl)ccc1Cl)c1cc(Cl)cc(Br)c1. The molecule has 0 heterocycles. The molecule has 0 aromatic heterocycles. The molecule has 2 aromatic rings. The van der Waals surface area contributed by atoms with Crippen LogP contribution < -0.4 is 5.32 Å². The summed E-state index contributed by atoms with van der Waals surface area (Å²) in [7, 11) is 0. The number of likely N-dealkylation sites (N-methyl/N-ethyl adjacent to an activating group) is 1. The summed E-state index contributed by atoms with van der Waals surface area (Å²) in [5, 5.41) is 5.59. The summed E-state index contributed by atoms with van der Waals surface area (Å²) in [6.45, 7) is 2.93. The van der Waals surface area contributed by atoms with E-state index in [0.717, 1.165) is 33.6 Å². The minimum atomic E-state index is 0.126. The van der Waals surface area contributed by atoms with Gasteiger partial charge in [-0.15, -0.1) is 0 Å². The molecule has 0 bridgehead atoms. The Kier molecular flexibility index (Phi) is 6.39. The van der Waals surface area contributed by atoms with Gasteiger partial charge < -0.3 is 5.32 Å². The Labute approximate surface area is 148 Å². The molecule has 0 saturated heterocycles. The summed E-state index contributed by atoms with van der Waals surface area (Å²) in [5.74, 6) is 0. The highest BCUT2D eigenvalue weighted by Gasteiger charge is 2.14. The molecule has 0 amide bonds. The minimum absolute atomic E-state index is 0.126. The van der Waals surface area contributed by atoms with E-state index in [4.69, 9.17) is 34.8 Å². The third-order valence-corrected chi connectivity index (χ3v) is 4.45. The third kappa shape index (κ3) is 4.87. The fourth-order valence-corrected chi connectivity index (χ4v) is 3.53. The quantitative estimate of drug-likeness (QED) is 0.613. The van der Waals surface area contributed by atoms with Crippen molar-refractivity contribution in [3.8, 4) is 0 Å². The zero-order chi connectivity index (χ0) is 15.4. The molecule has 1 N–H and O–H groups in total. The molecular formula is C16H15BrCl3N. The summed E-state index contributed by atoms with van der Waals surface area (Å²) < 4.78 is 0.963. The maximum absolute atomic E-state index is 6.27. The van der Waals surface area contributed by atoms with Crippen LogP contribution in [0.2, 0.25) is 15.1 Å². The topological polar surface area (TPSA) is 12.0 Å². The van der Waals surface area contributed by atoms with E-state index in [1.807, 2.05) is 24.3 Å². The summed E-state index contributed by atoms with van der Waals surface area (Å²) in [4.78, 5) is 0. The predicted octanol–water partition coefficient (Wildman–Crippen LogP) is 6.30. The molecule has 112 valence electrons.